The molecule has 0 aromatic carbocycles. The third-order valence-electron chi connectivity index (χ3n) is 5.43. The van der Waals surface area contributed by atoms with Gasteiger partial charge in [-0.25, -0.2) is 0 Å². The molecule has 0 spiro atoms. The monoisotopic (exact) mass is 518 g/mol. The van der Waals surface area contributed by atoms with E-state index in [1.54, 1.807) is 12.2 Å². The van der Waals surface area contributed by atoms with Crippen LogP contribution in [0.15, 0.2) is 60.8 Å². The molecule has 2 N–H and O–H groups in total. The van der Waals surface area contributed by atoms with Gasteiger partial charge in [-0.05, 0) is 44.9 Å². The van der Waals surface area contributed by atoms with Gasteiger partial charge >= 0.3 is 11.9 Å². The number of aliphatic hydroxyl groups is 2. The average Bonchev–Trinajstić information content (AvgIpc) is 2.89. The van der Waals surface area contributed by atoms with Gasteiger partial charge in [0.1, 0.15) is 6.61 Å². The summed E-state index contributed by atoms with van der Waals surface area (Å²) in [6.45, 7) is 3.71. The van der Waals surface area contributed by atoms with Crippen LogP contribution < -0.4 is 0 Å². The summed E-state index contributed by atoms with van der Waals surface area (Å²) in [5, 5.41) is 19.4. The van der Waals surface area contributed by atoms with E-state index >= 15 is 0 Å². The number of carbonyl (C=O) groups excluding carboxylic acids is 2. The Morgan fingerprint density at radius 3 is 2.03 bits per heavy atom. The molecule has 0 heterocycles. The molecule has 0 saturated heterocycles. The van der Waals surface area contributed by atoms with Crippen LogP contribution in [0.2, 0.25) is 0 Å². The van der Waals surface area contributed by atoms with E-state index in [0.717, 1.165) is 57.8 Å². The minimum Gasteiger partial charge on any atom is -0.462 e. The molecule has 0 bridgehead atoms. The number of rotatable bonds is 23. The summed E-state index contributed by atoms with van der Waals surface area (Å²) in [4.78, 5) is 23.8. The first-order chi connectivity index (χ1) is 18.0. The Labute approximate surface area is 224 Å². The lowest BCUT2D eigenvalue weighted by Gasteiger charge is -2.16. The first kappa shape index (κ1) is 34.6. The second-order valence-electron chi connectivity index (χ2n) is 8.94. The van der Waals surface area contributed by atoms with Crippen molar-refractivity contribution in [1.29, 1.82) is 0 Å². The first-order valence-electron chi connectivity index (χ1n) is 14.0. The molecule has 6 nitrogen and oxygen atoms in total. The SMILES string of the molecule is CC/C=C\C/C=C\C/C=C\C/C=C\C=C\C(O)CCCC(=O)O[C@@H](CO)COC(=O)CCCCCCC. The van der Waals surface area contributed by atoms with Crippen molar-refractivity contribution in [3.63, 3.8) is 0 Å². The van der Waals surface area contributed by atoms with Gasteiger partial charge in [-0.1, -0.05) is 100 Å². The molecule has 210 valence electrons. The van der Waals surface area contributed by atoms with Crippen molar-refractivity contribution in [2.75, 3.05) is 13.2 Å². The lowest BCUT2D eigenvalue weighted by molar-refractivity contribution is -0.161. The Morgan fingerprint density at radius 2 is 1.38 bits per heavy atom. The average molecular weight is 519 g/mol. The summed E-state index contributed by atoms with van der Waals surface area (Å²) in [6, 6.07) is 0. The number of allylic oxidation sites excluding steroid dienone is 9. The fourth-order valence-corrected chi connectivity index (χ4v) is 3.28. The zero-order valence-electron chi connectivity index (χ0n) is 23.1. The van der Waals surface area contributed by atoms with Crippen LogP contribution in [0.1, 0.15) is 97.3 Å². The summed E-state index contributed by atoms with van der Waals surface area (Å²) in [5.41, 5.74) is 0. The van der Waals surface area contributed by atoms with Gasteiger partial charge in [0.25, 0.3) is 0 Å². The van der Waals surface area contributed by atoms with Gasteiger partial charge < -0.3 is 19.7 Å². The van der Waals surface area contributed by atoms with E-state index in [2.05, 4.69) is 50.3 Å². The number of esters is 2. The second kappa shape index (κ2) is 26.6. The molecular formula is C31H50O6. The molecule has 0 aliphatic rings. The summed E-state index contributed by atoms with van der Waals surface area (Å²) in [5.74, 6) is -0.820. The maximum absolute atomic E-state index is 12.0. The molecule has 0 aromatic heterocycles. The Kier molecular flexibility index (Phi) is 24.9. The molecule has 0 aromatic rings. The van der Waals surface area contributed by atoms with Crippen LogP contribution in [0.25, 0.3) is 0 Å². The van der Waals surface area contributed by atoms with Gasteiger partial charge in [0, 0.05) is 12.8 Å². The molecule has 37 heavy (non-hydrogen) atoms. The topological polar surface area (TPSA) is 93.1 Å². The quantitative estimate of drug-likeness (QED) is 0.0678. The van der Waals surface area contributed by atoms with Crippen LogP contribution in [0.5, 0.6) is 0 Å². The molecular weight excluding hydrogens is 468 g/mol. The van der Waals surface area contributed by atoms with Gasteiger partial charge in [-0.2, -0.15) is 0 Å². The fraction of sp³-hybridized carbons (Fsp3) is 0.613. The van der Waals surface area contributed by atoms with Crippen LogP contribution in [0.3, 0.4) is 0 Å². The minimum absolute atomic E-state index is 0.122. The Bertz CT molecular complexity index is 704. The predicted octanol–water partition coefficient (Wildman–Crippen LogP) is 6.69. The van der Waals surface area contributed by atoms with Gasteiger partial charge in [0.05, 0.1) is 12.7 Å². The van der Waals surface area contributed by atoms with Crippen molar-refractivity contribution >= 4 is 11.9 Å². The van der Waals surface area contributed by atoms with E-state index in [9.17, 15) is 19.8 Å². The summed E-state index contributed by atoms with van der Waals surface area (Å²) >= 11 is 0. The molecule has 1 unspecified atom stereocenters. The molecule has 2 atom stereocenters. The zero-order valence-corrected chi connectivity index (χ0v) is 23.1. The third kappa shape index (κ3) is 25.0. The van der Waals surface area contributed by atoms with E-state index in [1.807, 2.05) is 12.2 Å². The van der Waals surface area contributed by atoms with Crippen molar-refractivity contribution in [2.45, 2.75) is 110 Å². The maximum atomic E-state index is 12.0. The largest absolute Gasteiger partial charge is 0.462 e. The van der Waals surface area contributed by atoms with Crippen molar-refractivity contribution in [1.82, 2.24) is 0 Å². The maximum Gasteiger partial charge on any atom is 0.306 e. The van der Waals surface area contributed by atoms with E-state index in [4.69, 9.17) is 9.47 Å². The zero-order chi connectivity index (χ0) is 27.4. The number of unbranched alkanes of at least 4 members (excludes halogenated alkanes) is 4. The van der Waals surface area contributed by atoms with Crippen molar-refractivity contribution in [2.24, 2.45) is 0 Å². The molecule has 0 aliphatic heterocycles. The van der Waals surface area contributed by atoms with Crippen LogP contribution in [-0.2, 0) is 19.1 Å². The molecule has 0 saturated carbocycles. The molecule has 0 fully saturated rings. The molecule has 6 heteroatoms. The lowest BCUT2D eigenvalue weighted by atomic mass is 10.1. The number of carbonyl (C=O) groups is 2. The standard InChI is InChI=1S/C31H50O6/c1-3-5-7-9-10-11-12-13-14-15-16-18-19-22-28(33)23-21-25-31(35)37-29(26-32)27-36-30(34)24-20-17-8-6-4-2/h5,7,10-11,13-14,16,18-19,22,28-29,32-33H,3-4,6,8-9,12,15,17,20-21,23-27H2,1-2H3/b7-5-,11-10-,14-13-,18-16-,22-19+/t28?,29-/m0/s1. The molecule has 0 rings (SSSR count). The van der Waals surface area contributed by atoms with E-state index in [-0.39, 0.29) is 19.0 Å². The van der Waals surface area contributed by atoms with Crippen molar-refractivity contribution in [3.8, 4) is 0 Å². The molecule has 0 radical (unpaired) electrons. The van der Waals surface area contributed by atoms with Crippen molar-refractivity contribution in [3.05, 3.63) is 60.8 Å². The predicted molar refractivity (Wildman–Crippen MR) is 151 cm³/mol. The van der Waals surface area contributed by atoms with E-state index in [1.165, 1.54) is 0 Å². The summed E-state index contributed by atoms with van der Waals surface area (Å²) < 4.78 is 10.3. The number of ether oxygens (including phenoxy) is 2. The van der Waals surface area contributed by atoms with Crippen LogP contribution in [-0.4, -0.2) is 47.6 Å². The van der Waals surface area contributed by atoms with Gasteiger partial charge in [-0.15, -0.1) is 0 Å². The van der Waals surface area contributed by atoms with Crippen LogP contribution in [0.4, 0.5) is 0 Å². The fourth-order valence-electron chi connectivity index (χ4n) is 3.28. The molecule has 0 amide bonds. The third-order valence-corrected chi connectivity index (χ3v) is 5.43. The molecule has 0 aliphatic carbocycles. The van der Waals surface area contributed by atoms with Gasteiger partial charge in [0.15, 0.2) is 6.10 Å². The lowest BCUT2D eigenvalue weighted by Crippen LogP contribution is -2.28. The van der Waals surface area contributed by atoms with Gasteiger partial charge in [0.2, 0.25) is 0 Å². The summed E-state index contributed by atoms with van der Waals surface area (Å²) in [7, 11) is 0. The normalized spacial score (nSPS) is 13.9. The number of hydrogen-bond donors (Lipinski definition) is 2. The van der Waals surface area contributed by atoms with Gasteiger partial charge in [-0.3, -0.25) is 9.59 Å². The highest BCUT2D eigenvalue weighted by Crippen LogP contribution is 2.08. The van der Waals surface area contributed by atoms with Crippen LogP contribution in [0, 0.1) is 0 Å². The Hall–Kier alpha value is -2.44. The Balaban J connectivity index is 3.93. The number of hydrogen-bond acceptors (Lipinski definition) is 6. The Morgan fingerprint density at radius 1 is 0.757 bits per heavy atom. The minimum atomic E-state index is -0.862. The van der Waals surface area contributed by atoms with E-state index < -0.39 is 24.8 Å². The smallest absolute Gasteiger partial charge is 0.306 e. The van der Waals surface area contributed by atoms with Crippen LogP contribution >= 0.6 is 0 Å². The second-order valence-corrected chi connectivity index (χ2v) is 8.94. The highest BCUT2D eigenvalue weighted by molar-refractivity contribution is 5.70. The number of aliphatic hydroxyl groups excluding tert-OH is 2. The highest BCUT2D eigenvalue weighted by Gasteiger charge is 2.16. The summed E-state index contributed by atoms with van der Waals surface area (Å²) in [6.07, 6.45) is 29.1. The highest BCUT2D eigenvalue weighted by atomic mass is 16.6. The van der Waals surface area contributed by atoms with E-state index in [0.29, 0.717) is 19.3 Å². The first-order valence-corrected chi connectivity index (χ1v) is 14.0. The van der Waals surface area contributed by atoms with Crippen molar-refractivity contribution < 1.29 is 29.3 Å².